The van der Waals surface area contributed by atoms with Gasteiger partial charge in [0.15, 0.2) is 0 Å². The second-order valence-electron chi connectivity index (χ2n) is 4.38. The molecule has 0 atom stereocenters. The molecule has 0 aliphatic rings. The van der Waals surface area contributed by atoms with E-state index in [2.05, 4.69) is 4.74 Å². The molecule has 0 bridgehead atoms. The lowest BCUT2D eigenvalue weighted by molar-refractivity contribution is -0.274. The molecule has 2 aromatic rings. The molecule has 2 rings (SSSR count). The molecule has 0 radical (unpaired) electrons. The second-order valence-corrected chi connectivity index (χ2v) is 4.79. The van der Waals surface area contributed by atoms with E-state index in [-0.39, 0.29) is 5.75 Å². The summed E-state index contributed by atoms with van der Waals surface area (Å²) in [6.45, 7) is 0.398. The van der Waals surface area contributed by atoms with E-state index in [0.29, 0.717) is 23.6 Å². The molecule has 112 valence electrons. The second kappa shape index (κ2) is 6.37. The van der Waals surface area contributed by atoms with Crippen molar-refractivity contribution in [2.75, 3.05) is 6.54 Å². The van der Waals surface area contributed by atoms with E-state index in [4.69, 9.17) is 17.3 Å². The molecule has 21 heavy (non-hydrogen) atoms. The third-order valence-corrected chi connectivity index (χ3v) is 3.25. The summed E-state index contributed by atoms with van der Waals surface area (Å²) in [5, 5.41) is 0.542. The lowest BCUT2D eigenvalue weighted by Crippen LogP contribution is -2.17. The van der Waals surface area contributed by atoms with Crippen molar-refractivity contribution < 1.29 is 17.9 Å². The maximum Gasteiger partial charge on any atom is 0.573 e. The first-order valence-corrected chi connectivity index (χ1v) is 6.62. The first kappa shape index (κ1) is 15.7. The summed E-state index contributed by atoms with van der Waals surface area (Å²) in [5.74, 6) is -0.265. The van der Waals surface area contributed by atoms with Crippen molar-refractivity contribution in [3.63, 3.8) is 0 Å². The van der Waals surface area contributed by atoms with Gasteiger partial charge in [0, 0.05) is 5.02 Å². The van der Waals surface area contributed by atoms with E-state index in [0.717, 1.165) is 11.1 Å². The fraction of sp³-hybridized carbons (Fsp3) is 0.200. The van der Waals surface area contributed by atoms with Crippen LogP contribution in [0.5, 0.6) is 5.75 Å². The standard InChI is InChI=1S/C15H13ClF3NO/c16-14-6-2-5-12(13(14)7-8-20)10-3-1-4-11(9-10)21-15(17,18)19/h1-6,9H,7-8,20H2. The lowest BCUT2D eigenvalue weighted by Gasteiger charge is -2.13. The van der Waals surface area contributed by atoms with Crippen LogP contribution in [0.1, 0.15) is 5.56 Å². The average Bonchev–Trinajstić information content (AvgIpc) is 2.39. The highest BCUT2D eigenvalue weighted by Gasteiger charge is 2.31. The zero-order valence-corrected chi connectivity index (χ0v) is 11.7. The fourth-order valence-corrected chi connectivity index (χ4v) is 2.36. The van der Waals surface area contributed by atoms with Gasteiger partial charge in [0.2, 0.25) is 0 Å². The van der Waals surface area contributed by atoms with Gasteiger partial charge in [-0.15, -0.1) is 13.2 Å². The molecule has 0 amide bonds. The van der Waals surface area contributed by atoms with Crippen LogP contribution in [0.25, 0.3) is 11.1 Å². The number of hydrogen-bond acceptors (Lipinski definition) is 2. The summed E-state index contributed by atoms with van der Waals surface area (Å²) in [7, 11) is 0. The molecule has 0 spiro atoms. The molecule has 2 aromatic carbocycles. The maximum atomic E-state index is 12.3. The molecular formula is C15H13ClF3NO. The summed E-state index contributed by atoms with van der Waals surface area (Å²) >= 11 is 6.14. The fourth-order valence-electron chi connectivity index (χ4n) is 2.09. The number of benzene rings is 2. The van der Waals surface area contributed by atoms with E-state index in [9.17, 15) is 13.2 Å². The van der Waals surface area contributed by atoms with Gasteiger partial charge >= 0.3 is 6.36 Å². The summed E-state index contributed by atoms with van der Waals surface area (Å²) in [4.78, 5) is 0. The van der Waals surface area contributed by atoms with Crippen molar-refractivity contribution in [2.24, 2.45) is 5.73 Å². The summed E-state index contributed by atoms with van der Waals surface area (Å²) < 4.78 is 40.8. The maximum absolute atomic E-state index is 12.3. The molecule has 0 aliphatic heterocycles. The van der Waals surface area contributed by atoms with Crippen LogP contribution < -0.4 is 10.5 Å². The molecular weight excluding hydrogens is 303 g/mol. The summed E-state index contributed by atoms with van der Waals surface area (Å²) in [6, 6.07) is 11.1. The first-order chi connectivity index (χ1) is 9.90. The van der Waals surface area contributed by atoms with Crippen molar-refractivity contribution >= 4 is 11.6 Å². The van der Waals surface area contributed by atoms with Gasteiger partial charge in [-0.1, -0.05) is 35.9 Å². The number of alkyl halides is 3. The number of ether oxygens (including phenoxy) is 1. The highest BCUT2D eigenvalue weighted by molar-refractivity contribution is 6.31. The zero-order chi connectivity index (χ0) is 15.5. The van der Waals surface area contributed by atoms with E-state index in [1.54, 1.807) is 24.3 Å². The van der Waals surface area contributed by atoms with Crippen molar-refractivity contribution in [2.45, 2.75) is 12.8 Å². The van der Waals surface area contributed by atoms with Crippen molar-refractivity contribution in [3.05, 3.63) is 53.1 Å². The number of nitrogens with two attached hydrogens (primary N) is 1. The Balaban J connectivity index is 2.43. The minimum absolute atomic E-state index is 0.265. The van der Waals surface area contributed by atoms with Crippen molar-refractivity contribution in [1.82, 2.24) is 0 Å². The number of halogens is 4. The van der Waals surface area contributed by atoms with Crippen LogP contribution in [0.2, 0.25) is 5.02 Å². The van der Waals surface area contributed by atoms with Gasteiger partial charge in [0.25, 0.3) is 0 Å². The molecule has 0 unspecified atom stereocenters. The number of rotatable bonds is 4. The van der Waals surface area contributed by atoms with Crippen LogP contribution >= 0.6 is 11.6 Å². The molecule has 0 saturated heterocycles. The van der Waals surface area contributed by atoms with E-state index >= 15 is 0 Å². The van der Waals surface area contributed by atoms with Gasteiger partial charge in [0.05, 0.1) is 0 Å². The molecule has 0 aliphatic carbocycles. The molecule has 0 saturated carbocycles. The Morgan fingerprint density at radius 1 is 1.10 bits per heavy atom. The zero-order valence-electron chi connectivity index (χ0n) is 11.0. The van der Waals surface area contributed by atoms with Crippen LogP contribution in [0.4, 0.5) is 13.2 Å². The molecule has 2 nitrogen and oxygen atoms in total. The van der Waals surface area contributed by atoms with E-state index in [1.807, 2.05) is 0 Å². The molecule has 6 heteroatoms. The largest absolute Gasteiger partial charge is 0.573 e. The number of hydrogen-bond donors (Lipinski definition) is 1. The normalized spacial score (nSPS) is 11.5. The molecule has 0 aromatic heterocycles. The molecule has 0 heterocycles. The van der Waals surface area contributed by atoms with Gasteiger partial charge in [-0.3, -0.25) is 0 Å². The highest BCUT2D eigenvalue weighted by atomic mass is 35.5. The van der Waals surface area contributed by atoms with Gasteiger partial charge in [-0.05, 0) is 47.9 Å². The SMILES string of the molecule is NCCc1c(Cl)cccc1-c1cccc(OC(F)(F)F)c1. The monoisotopic (exact) mass is 315 g/mol. The molecule has 0 fully saturated rings. The van der Waals surface area contributed by atoms with Gasteiger partial charge in [-0.2, -0.15) is 0 Å². The topological polar surface area (TPSA) is 35.2 Å². The van der Waals surface area contributed by atoms with E-state index < -0.39 is 6.36 Å². The Hall–Kier alpha value is -1.72. The van der Waals surface area contributed by atoms with Crippen LogP contribution in [0.3, 0.4) is 0 Å². The first-order valence-electron chi connectivity index (χ1n) is 6.24. The van der Waals surface area contributed by atoms with Gasteiger partial charge < -0.3 is 10.5 Å². The van der Waals surface area contributed by atoms with Crippen LogP contribution in [0.15, 0.2) is 42.5 Å². The minimum atomic E-state index is -4.72. The highest BCUT2D eigenvalue weighted by Crippen LogP contribution is 2.32. The Kier molecular flexibility index (Phi) is 4.75. The van der Waals surface area contributed by atoms with Crippen LogP contribution in [-0.4, -0.2) is 12.9 Å². The molecule has 2 N–H and O–H groups in total. The van der Waals surface area contributed by atoms with Gasteiger partial charge in [0.1, 0.15) is 5.75 Å². The average molecular weight is 316 g/mol. The van der Waals surface area contributed by atoms with Crippen LogP contribution in [-0.2, 0) is 6.42 Å². The van der Waals surface area contributed by atoms with Crippen molar-refractivity contribution in [1.29, 1.82) is 0 Å². The van der Waals surface area contributed by atoms with Gasteiger partial charge in [-0.25, -0.2) is 0 Å². The minimum Gasteiger partial charge on any atom is -0.406 e. The summed E-state index contributed by atoms with van der Waals surface area (Å²) in [6.07, 6.45) is -4.17. The van der Waals surface area contributed by atoms with E-state index in [1.165, 1.54) is 18.2 Å². The Morgan fingerprint density at radius 2 is 1.81 bits per heavy atom. The third kappa shape index (κ3) is 4.12. The summed E-state index contributed by atoms with van der Waals surface area (Å²) in [5.41, 5.74) is 7.72. The smallest absolute Gasteiger partial charge is 0.406 e. The Labute approximate surface area is 125 Å². The lowest BCUT2D eigenvalue weighted by atomic mass is 9.97. The quantitative estimate of drug-likeness (QED) is 0.907. The third-order valence-electron chi connectivity index (χ3n) is 2.89. The Bertz CT molecular complexity index is 629. The predicted molar refractivity (Wildman–Crippen MR) is 76.3 cm³/mol. The Morgan fingerprint density at radius 3 is 2.48 bits per heavy atom. The van der Waals surface area contributed by atoms with Crippen molar-refractivity contribution in [3.8, 4) is 16.9 Å². The van der Waals surface area contributed by atoms with Crippen LogP contribution in [0, 0.1) is 0 Å². The predicted octanol–water partition coefficient (Wildman–Crippen LogP) is 4.41.